The number of Topliss-reactive ketones (excluding diaryl/α,β-unsaturated/α-hetero) is 1. The SMILES string of the molecule is O=C(N1CCNCC1)C1(O)CC1(Cl)C(=O)c1ccccc1. The molecule has 0 radical (unpaired) electrons. The molecule has 3 rings (SSSR count). The molecule has 0 spiro atoms. The highest BCUT2D eigenvalue weighted by molar-refractivity contribution is 6.44. The highest BCUT2D eigenvalue weighted by Crippen LogP contribution is 2.56. The van der Waals surface area contributed by atoms with E-state index in [1.54, 1.807) is 35.2 Å². The largest absolute Gasteiger partial charge is 0.378 e. The molecule has 6 heteroatoms. The average molecular weight is 309 g/mol. The summed E-state index contributed by atoms with van der Waals surface area (Å²) in [6.45, 7) is 2.41. The summed E-state index contributed by atoms with van der Waals surface area (Å²) in [5.74, 6) is -0.834. The zero-order valence-corrected chi connectivity index (χ0v) is 12.3. The van der Waals surface area contributed by atoms with Crippen LogP contribution in [0.25, 0.3) is 0 Å². The minimum Gasteiger partial charge on any atom is -0.378 e. The molecule has 21 heavy (non-hydrogen) atoms. The highest BCUT2D eigenvalue weighted by atomic mass is 35.5. The number of carbonyl (C=O) groups excluding carboxylic acids is 2. The summed E-state index contributed by atoms with van der Waals surface area (Å²) in [5.41, 5.74) is -1.37. The van der Waals surface area contributed by atoms with E-state index in [1.807, 2.05) is 0 Å². The number of alkyl halides is 1. The van der Waals surface area contributed by atoms with E-state index in [-0.39, 0.29) is 6.42 Å². The number of hydrogen-bond donors (Lipinski definition) is 2. The van der Waals surface area contributed by atoms with Crippen molar-refractivity contribution < 1.29 is 14.7 Å². The van der Waals surface area contributed by atoms with E-state index in [4.69, 9.17) is 11.6 Å². The molecular weight excluding hydrogens is 292 g/mol. The summed E-state index contributed by atoms with van der Waals surface area (Å²) in [7, 11) is 0. The summed E-state index contributed by atoms with van der Waals surface area (Å²) < 4.78 is 0. The number of amides is 1. The maximum atomic E-state index is 12.5. The van der Waals surface area contributed by atoms with E-state index < -0.39 is 22.2 Å². The van der Waals surface area contributed by atoms with Crippen molar-refractivity contribution in [3.8, 4) is 0 Å². The number of aliphatic hydroxyl groups is 1. The first kappa shape index (κ1) is 14.5. The first-order valence-corrected chi connectivity index (χ1v) is 7.38. The molecule has 112 valence electrons. The zero-order chi connectivity index (χ0) is 15.1. The Hall–Kier alpha value is -1.43. The molecule has 1 heterocycles. The van der Waals surface area contributed by atoms with Crippen molar-refractivity contribution in [2.45, 2.75) is 16.9 Å². The Morgan fingerprint density at radius 2 is 1.81 bits per heavy atom. The van der Waals surface area contributed by atoms with Crippen LogP contribution in [0.15, 0.2) is 30.3 Å². The fraction of sp³-hybridized carbons (Fsp3) is 0.467. The summed E-state index contributed by atoms with van der Waals surface area (Å²) in [4.78, 5) is 24.9. The topological polar surface area (TPSA) is 69.6 Å². The molecular formula is C15H17ClN2O3. The number of piperazine rings is 1. The molecule has 1 saturated carbocycles. The Kier molecular flexibility index (Phi) is 3.51. The van der Waals surface area contributed by atoms with Crippen molar-refractivity contribution in [3.05, 3.63) is 35.9 Å². The fourth-order valence-corrected chi connectivity index (χ4v) is 3.15. The Labute approximate surface area is 127 Å². The molecule has 1 saturated heterocycles. The van der Waals surface area contributed by atoms with Gasteiger partial charge in [0.1, 0.15) is 4.87 Å². The molecule has 1 aromatic rings. The third kappa shape index (κ3) is 2.25. The van der Waals surface area contributed by atoms with Crippen LogP contribution in [0.1, 0.15) is 16.8 Å². The van der Waals surface area contributed by atoms with Gasteiger partial charge in [0.05, 0.1) is 0 Å². The Morgan fingerprint density at radius 3 is 2.43 bits per heavy atom. The van der Waals surface area contributed by atoms with Crippen molar-refractivity contribution in [2.75, 3.05) is 26.2 Å². The molecule has 1 aliphatic heterocycles. The van der Waals surface area contributed by atoms with Gasteiger partial charge in [-0.2, -0.15) is 0 Å². The standard InChI is InChI=1S/C15H17ClN2O3/c16-14(12(19)11-4-2-1-3-5-11)10-15(14,21)13(20)18-8-6-17-7-9-18/h1-5,17,21H,6-10H2. The van der Waals surface area contributed by atoms with Gasteiger partial charge in [-0.05, 0) is 0 Å². The number of halogens is 1. The lowest BCUT2D eigenvalue weighted by Gasteiger charge is -2.30. The Bertz CT molecular complexity index is 574. The van der Waals surface area contributed by atoms with Gasteiger partial charge in [0.25, 0.3) is 5.91 Å². The van der Waals surface area contributed by atoms with Crippen LogP contribution in [0.2, 0.25) is 0 Å². The minimum absolute atomic E-state index is 0.0297. The number of benzene rings is 1. The van der Waals surface area contributed by atoms with E-state index in [9.17, 15) is 14.7 Å². The number of ketones is 1. The van der Waals surface area contributed by atoms with Gasteiger partial charge in [-0.15, -0.1) is 11.6 Å². The third-order valence-corrected chi connectivity index (χ3v) is 4.80. The molecule has 2 unspecified atom stereocenters. The second-order valence-corrected chi connectivity index (χ2v) is 6.22. The van der Waals surface area contributed by atoms with Crippen molar-refractivity contribution in [3.63, 3.8) is 0 Å². The van der Waals surface area contributed by atoms with Gasteiger partial charge in [-0.1, -0.05) is 30.3 Å². The van der Waals surface area contributed by atoms with Crippen LogP contribution in [-0.2, 0) is 4.79 Å². The smallest absolute Gasteiger partial charge is 0.257 e. The van der Waals surface area contributed by atoms with Gasteiger partial charge in [0, 0.05) is 38.2 Å². The van der Waals surface area contributed by atoms with Crippen LogP contribution in [0.4, 0.5) is 0 Å². The molecule has 1 aromatic carbocycles. The number of rotatable bonds is 3. The molecule has 5 nitrogen and oxygen atoms in total. The number of hydrogen-bond acceptors (Lipinski definition) is 4. The number of nitrogens with one attached hydrogen (secondary N) is 1. The zero-order valence-electron chi connectivity index (χ0n) is 11.5. The van der Waals surface area contributed by atoms with Crippen LogP contribution in [0.5, 0.6) is 0 Å². The van der Waals surface area contributed by atoms with E-state index in [1.165, 1.54) is 0 Å². The number of nitrogens with zero attached hydrogens (tertiary/aromatic N) is 1. The lowest BCUT2D eigenvalue weighted by molar-refractivity contribution is -0.143. The quantitative estimate of drug-likeness (QED) is 0.627. The molecule has 2 fully saturated rings. The minimum atomic E-state index is -1.78. The molecule has 1 amide bonds. The van der Waals surface area contributed by atoms with Gasteiger partial charge in [0.2, 0.25) is 0 Å². The lowest BCUT2D eigenvalue weighted by Crippen LogP contribution is -2.53. The summed E-state index contributed by atoms with van der Waals surface area (Å²) in [6, 6.07) is 8.53. The average Bonchev–Trinajstić information content (AvgIpc) is 3.12. The van der Waals surface area contributed by atoms with Crippen LogP contribution in [-0.4, -0.2) is 58.4 Å². The van der Waals surface area contributed by atoms with E-state index in [2.05, 4.69) is 5.32 Å². The molecule has 2 N–H and O–H groups in total. The van der Waals surface area contributed by atoms with Crippen molar-refractivity contribution in [1.29, 1.82) is 0 Å². The van der Waals surface area contributed by atoms with Crippen LogP contribution in [0.3, 0.4) is 0 Å². The van der Waals surface area contributed by atoms with E-state index in [0.29, 0.717) is 31.7 Å². The molecule has 0 aromatic heterocycles. The maximum absolute atomic E-state index is 12.5. The Morgan fingerprint density at radius 1 is 1.19 bits per heavy atom. The second-order valence-electron chi connectivity index (χ2n) is 5.58. The van der Waals surface area contributed by atoms with Gasteiger partial charge < -0.3 is 15.3 Å². The van der Waals surface area contributed by atoms with Gasteiger partial charge in [0.15, 0.2) is 11.4 Å². The first-order chi connectivity index (χ1) is 9.99. The van der Waals surface area contributed by atoms with Crippen LogP contribution < -0.4 is 5.32 Å². The monoisotopic (exact) mass is 308 g/mol. The predicted molar refractivity (Wildman–Crippen MR) is 78.4 cm³/mol. The van der Waals surface area contributed by atoms with E-state index >= 15 is 0 Å². The van der Waals surface area contributed by atoms with Crippen molar-refractivity contribution in [1.82, 2.24) is 10.2 Å². The molecule has 0 bridgehead atoms. The summed E-state index contributed by atoms with van der Waals surface area (Å²) >= 11 is 6.29. The summed E-state index contributed by atoms with van der Waals surface area (Å²) in [6.07, 6.45) is -0.0297. The van der Waals surface area contributed by atoms with Crippen LogP contribution >= 0.6 is 11.6 Å². The molecule has 1 aliphatic carbocycles. The summed E-state index contributed by atoms with van der Waals surface area (Å²) in [5, 5.41) is 13.7. The van der Waals surface area contributed by atoms with Crippen molar-refractivity contribution >= 4 is 23.3 Å². The molecule has 2 aliphatic rings. The normalized spacial score (nSPS) is 31.8. The maximum Gasteiger partial charge on any atom is 0.257 e. The third-order valence-electron chi connectivity index (χ3n) is 4.18. The molecule has 2 atom stereocenters. The lowest BCUT2D eigenvalue weighted by atomic mass is 10.0. The van der Waals surface area contributed by atoms with Crippen molar-refractivity contribution in [2.24, 2.45) is 0 Å². The van der Waals surface area contributed by atoms with Gasteiger partial charge in [-0.25, -0.2) is 0 Å². The first-order valence-electron chi connectivity index (χ1n) is 7.00. The Balaban J connectivity index is 1.78. The van der Waals surface area contributed by atoms with Crippen LogP contribution in [0, 0.1) is 0 Å². The van der Waals surface area contributed by atoms with E-state index in [0.717, 1.165) is 0 Å². The fourth-order valence-electron chi connectivity index (χ4n) is 2.77. The highest BCUT2D eigenvalue weighted by Gasteiger charge is 2.76. The van der Waals surface area contributed by atoms with Gasteiger partial charge in [-0.3, -0.25) is 9.59 Å². The predicted octanol–water partition coefficient (Wildman–Crippen LogP) is 0.413. The number of carbonyl (C=O) groups is 2. The van der Waals surface area contributed by atoms with Gasteiger partial charge >= 0.3 is 0 Å². The second kappa shape index (κ2) is 5.09.